The van der Waals surface area contributed by atoms with Gasteiger partial charge in [0.25, 0.3) is 5.56 Å². The van der Waals surface area contributed by atoms with Crippen LogP contribution in [0, 0.1) is 0 Å². The first-order valence-corrected chi connectivity index (χ1v) is 8.48. The lowest BCUT2D eigenvalue weighted by Crippen LogP contribution is -2.39. The Morgan fingerprint density at radius 1 is 1.38 bits per heavy atom. The van der Waals surface area contributed by atoms with Crippen molar-refractivity contribution in [1.29, 1.82) is 0 Å². The van der Waals surface area contributed by atoms with Gasteiger partial charge in [0.2, 0.25) is 0 Å². The number of fused-ring (bicyclic) bond motifs is 3. The van der Waals surface area contributed by atoms with E-state index < -0.39 is 0 Å². The predicted molar refractivity (Wildman–Crippen MR) is 88.0 cm³/mol. The van der Waals surface area contributed by atoms with Crippen molar-refractivity contribution in [1.82, 2.24) is 9.55 Å². The summed E-state index contributed by atoms with van der Waals surface area (Å²) in [4.78, 5) is 17.7. The van der Waals surface area contributed by atoms with Gasteiger partial charge in [-0.05, 0) is 24.7 Å². The average Bonchev–Trinajstić information content (AvgIpc) is 2.50. The molecular formula is C17H20N2OS. The zero-order valence-electron chi connectivity index (χ0n) is 12.9. The molecule has 1 heterocycles. The number of benzene rings is 1. The summed E-state index contributed by atoms with van der Waals surface area (Å²) in [6.07, 6.45) is 3.80. The normalized spacial score (nSPS) is 20.0. The van der Waals surface area contributed by atoms with Crippen LogP contribution in [-0.4, -0.2) is 15.8 Å². The first kappa shape index (κ1) is 14.4. The molecule has 0 saturated carbocycles. The van der Waals surface area contributed by atoms with E-state index >= 15 is 0 Å². The van der Waals surface area contributed by atoms with E-state index in [9.17, 15) is 4.79 Å². The number of nitrogens with zero attached hydrogens (tertiary/aromatic N) is 2. The van der Waals surface area contributed by atoms with Crippen LogP contribution in [0.2, 0.25) is 0 Å². The molecule has 0 aliphatic heterocycles. The molecule has 3 rings (SSSR count). The summed E-state index contributed by atoms with van der Waals surface area (Å²) in [5.74, 6) is 0. The van der Waals surface area contributed by atoms with Crippen LogP contribution in [0.1, 0.15) is 31.4 Å². The van der Waals surface area contributed by atoms with E-state index in [4.69, 9.17) is 4.98 Å². The third-order valence-electron chi connectivity index (χ3n) is 4.67. The highest BCUT2D eigenvalue weighted by Crippen LogP contribution is 2.42. The van der Waals surface area contributed by atoms with Crippen molar-refractivity contribution in [2.24, 2.45) is 7.05 Å². The van der Waals surface area contributed by atoms with E-state index in [1.165, 1.54) is 17.3 Å². The zero-order chi connectivity index (χ0) is 15.2. The molecule has 110 valence electrons. The van der Waals surface area contributed by atoms with E-state index in [2.05, 4.69) is 32.0 Å². The fourth-order valence-corrected chi connectivity index (χ4v) is 3.76. The molecule has 0 fully saturated rings. The summed E-state index contributed by atoms with van der Waals surface area (Å²) < 4.78 is 1.69. The molecule has 1 aliphatic carbocycles. The van der Waals surface area contributed by atoms with Crippen LogP contribution in [-0.2, 0) is 18.9 Å². The molecule has 1 aliphatic rings. The van der Waals surface area contributed by atoms with Gasteiger partial charge in [-0.3, -0.25) is 9.36 Å². The number of thioether (sulfide) groups is 1. The molecule has 0 bridgehead atoms. The predicted octanol–water partition coefficient (Wildman–Crippen LogP) is 3.39. The Morgan fingerprint density at radius 2 is 2.10 bits per heavy atom. The van der Waals surface area contributed by atoms with Crippen molar-refractivity contribution in [3.05, 3.63) is 45.7 Å². The Labute approximate surface area is 129 Å². The topological polar surface area (TPSA) is 34.9 Å². The first-order chi connectivity index (χ1) is 10.0. The molecule has 1 aromatic carbocycles. The lowest BCUT2D eigenvalue weighted by molar-refractivity contribution is 0.433. The zero-order valence-corrected chi connectivity index (χ0v) is 13.8. The Bertz CT molecular complexity index is 766. The van der Waals surface area contributed by atoms with Gasteiger partial charge in [-0.1, -0.05) is 49.9 Å². The quantitative estimate of drug-likeness (QED) is 0.630. The van der Waals surface area contributed by atoms with E-state index in [0.29, 0.717) is 0 Å². The lowest BCUT2D eigenvalue weighted by Gasteiger charge is -2.35. The van der Waals surface area contributed by atoms with Crippen molar-refractivity contribution in [3.8, 4) is 11.3 Å². The highest BCUT2D eigenvalue weighted by Gasteiger charge is 2.37. The largest absolute Gasteiger partial charge is 0.290 e. The van der Waals surface area contributed by atoms with Gasteiger partial charge in [-0.25, -0.2) is 4.98 Å². The van der Waals surface area contributed by atoms with Gasteiger partial charge in [0, 0.05) is 18.0 Å². The minimum Gasteiger partial charge on any atom is -0.290 e. The average molecular weight is 300 g/mol. The van der Waals surface area contributed by atoms with E-state index in [1.54, 1.807) is 4.57 Å². The molecule has 0 radical (unpaired) electrons. The van der Waals surface area contributed by atoms with Crippen molar-refractivity contribution in [2.45, 2.75) is 37.3 Å². The number of aromatic nitrogens is 2. The lowest BCUT2D eigenvalue weighted by atomic mass is 9.69. The summed E-state index contributed by atoms with van der Waals surface area (Å²) >= 11 is 1.52. The fourth-order valence-electron chi connectivity index (χ4n) is 3.22. The molecule has 21 heavy (non-hydrogen) atoms. The standard InChI is InChI=1S/C17H20N2OS/c1-5-17(2)10-11-8-6-7-9-12(11)14-13(17)15(20)19(3)16(18-14)21-4/h6-9H,5,10H2,1-4H3/t17-/m0/s1. The highest BCUT2D eigenvalue weighted by molar-refractivity contribution is 7.98. The molecule has 2 aromatic rings. The van der Waals surface area contributed by atoms with Crippen LogP contribution >= 0.6 is 11.8 Å². The molecular weight excluding hydrogens is 280 g/mol. The van der Waals surface area contributed by atoms with Crippen molar-refractivity contribution < 1.29 is 0 Å². The van der Waals surface area contributed by atoms with Gasteiger partial charge in [0.05, 0.1) is 11.3 Å². The summed E-state index contributed by atoms with van der Waals surface area (Å²) in [5, 5.41) is 0.772. The summed E-state index contributed by atoms with van der Waals surface area (Å²) in [5.41, 5.74) is 4.14. The molecule has 0 N–H and O–H groups in total. The third-order valence-corrected chi connectivity index (χ3v) is 5.40. The molecule has 1 atom stereocenters. The van der Waals surface area contributed by atoms with Crippen LogP contribution in [0.15, 0.2) is 34.2 Å². The van der Waals surface area contributed by atoms with Crippen LogP contribution in [0.5, 0.6) is 0 Å². The number of hydrogen-bond donors (Lipinski definition) is 0. The monoisotopic (exact) mass is 300 g/mol. The molecule has 0 amide bonds. The van der Waals surface area contributed by atoms with Crippen molar-refractivity contribution in [2.75, 3.05) is 6.26 Å². The fraction of sp³-hybridized carbons (Fsp3) is 0.412. The summed E-state index contributed by atoms with van der Waals surface area (Å²) in [6.45, 7) is 4.34. The molecule has 0 unspecified atom stereocenters. The Balaban J connectivity index is 2.43. The Kier molecular flexibility index (Phi) is 3.44. The van der Waals surface area contributed by atoms with E-state index in [-0.39, 0.29) is 11.0 Å². The second kappa shape index (κ2) is 5.02. The maximum atomic E-state index is 12.9. The van der Waals surface area contributed by atoms with Gasteiger partial charge in [-0.15, -0.1) is 0 Å². The minimum absolute atomic E-state index is 0.100. The number of hydrogen-bond acceptors (Lipinski definition) is 3. The van der Waals surface area contributed by atoms with Crippen LogP contribution < -0.4 is 5.56 Å². The van der Waals surface area contributed by atoms with Gasteiger partial charge >= 0.3 is 0 Å². The van der Waals surface area contributed by atoms with Gasteiger partial charge in [0.1, 0.15) is 0 Å². The SMILES string of the molecule is CC[C@@]1(C)Cc2ccccc2-c2nc(SC)n(C)c(=O)c21. The van der Waals surface area contributed by atoms with Crippen LogP contribution in [0.3, 0.4) is 0 Å². The molecule has 0 saturated heterocycles. The summed E-state index contributed by atoms with van der Waals surface area (Å²) in [7, 11) is 1.82. The second-order valence-corrected chi connectivity index (χ2v) is 6.71. The second-order valence-electron chi connectivity index (χ2n) is 5.93. The smallest absolute Gasteiger partial charge is 0.258 e. The maximum Gasteiger partial charge on any atom is 0.258 e. The van der Waals surface area contributed by atoms with E-state index in [1.807, 2.05) is 19.4 Å². The minimum atomic E-state index is -0.136. The molecule has 0 spiro atoms. The molecule has 4 heteroatoms. The van der Waals surface area contributed by atoms with E-state index in [0.717, 1.165) is 34.8 Å². The Morgan fingerprint density at radius 3 is 2.76 bits per heavy atom. The van der Waals surface area contributed by atoms with Crippen molar-refractivity contribution in [3.63, 3.8) is 0 Å². The first-order valence-electron chi connectivity index (χ1n) is 7.25. The van der Waals surface area contributed by atoms with Crippen molar-refractivity contribution >= 4 is 11.8 Å². The summed E-state index contributed by atoms with van der Waals surface area (Å²) in [6, 6.07) is 8.33. The molecule has 3 nitrogen and oxygen atoms in total. The maximum absolute atomic E-state index is 12.9. The van der Waals surface area contributed by atoms with Gasteiger partial charge in [-0.2, -0.15) is 0 Å². The third kappa shape index (κ3) is 2.04. The van der Waals surface area contributed by atoms with Gasteiger partial charge < -0.3 is 0 Å². The van der Waals surface area contributed by atoms with Gasteiger partial charge in [0.15, 0.2) is 5.16 Å². The highest BCUT2D eigenvalue weighted by atomic mass is 32.2. The number of rotatable bonds is 2. The van der Waals surface area contributed by atoms with Crippen LogP contribution in [0.25, 0.3) is 11.3 Å². The Hall–Kier alpha value is -1.55. The van der Waals surface area contributed by atoms with Crippen LogP contribution in [0.4, 0.5) is 0 Å². The molecule has 1 aromatic heterocycles.